The van der Waals surface area contributed by atoms with Gasteiger partial charge in [-0.3, -0.25) is 4.79 Å². The predicted octanol–water partition coefficient (Wildman–Crippen LogP) is 2.44. The van der Waals surface area contributed by atoms with E-state index in [0.29, 0.717) is 6.42 Å². The fourth-order valence-corrected chi connectivity index (χ4v) is 3.49. The molecule has 3 aromatic rings. The molecule has 7 nitrogen and oxygen atoms in total. The maximum Gasteiger partial charge on any atom is 0.222 e. The third-order valence-electron chi connectivity index (χ3n) is 5.01. The molecule has 0 radical (unpaired) electrons. The number of anilines is 1. The van der Waals surface area contributed by atoms with E-state index in [1.807, 2.05) is 53.0 Å². The van der Waals surface area contributed by atoms with Crippen LogP contribution in [0.5, 0.6) is 0 Å². The van der Waals surface area contributed by atoms with Crippen LogP contribution in [0.4, 0.5) is 5.82 Å². The molecule has 1 aromatic carbocycles. The van der Waals surface area contributed by atoms with Crippen LogP contribution in [-0.2, 0) is 11.2 Å². The molecule has 27 heavy (non-hydrogen) atoms. The molecule has 0 atom stereocenters. The van der Waals surface area contributed by atoms with E-state index in [2.05, 4.69) is 16.9 Å². The van der Waals surface area contributed by atoms with Crippen molar-refractivity contribution in [2.24, 2.45) is 0 Å². The van der Waals surface area contributed by atoms with Crippen LogP contribution in [0.3, 0.4) is 0 Å². The van der Waals surface area contributed by atoms with Gasteiger partial charge in [-0.2, -0.15) is 5.10 Å². The Morgan fingerprint density at radius 1 is 1.04 bits per heavy atom. The van der Waals surface area contributed by atoms with Gasteiger partial charge in [0.1, 0.15) is 11.6 Å². The summed E-state index contributed by atoms with van der Waals surface area (Å²) in [6, 6.07) is 10.0. The number of hydrogen-bond acceptors (Lipinski definition) is 5. The predicted molar refractivity (Wildman–Crippen MR) is 105 cm³/mol. The zero-order valence-corrected chi connectivity index (χ0v) is 15.8. The van der Waals surface area contributed by atoms with Gasteiger partial charge in [0.05, 0.1) is 17.3 Å². The summed E-state index contributed by atoms with van der Waals surface area (Å²) in [4.78, 5) is 25.7. The molecule has 140 valence electrons. The minimum absolute atomic E-state index is 0.216. The molecular weight excluding hydrogens is 340 g/mol. The van der Waals surface area contributed by atoms with E-state index in [4.69, 9.17) is 9.97 Å². The number of aromatic nitrogens is 4. The summed E-state index contributed by atoms with van der Waals surface area (Å²) >= 11 is 0. The Balaban J connectivity index is 1.71. The number of benzene rings is 1. The first-order valence-corrected chi connectivity index (χ1v) is 9.54. The molecule has 1 fully saturated rings. The van der Waals surface area contributed by atoms with Crippen LogP contribution in [0.15, 0.2) is 36.5 Å². The second-order valence-electron chi connectivity index (χ2n) is 6.67. The van der Waals surface area contributed by atoms with Gasteiger partial charge in [-0.05, 0) is 12.1 Å². The Labute approximate surface area is 158 Å². The van der Waals surface area contributed by atoms with Gasteiger partial charge in [-0.1, -0.05) is 32.0 Å². The van der Waals surface area contributed by atoms with Crippen LogP contribution in [0, 0.1) is 0 Å². The Hall–Kier alpha value is -2.96. The molecule has 1 amide bonds. The van der Waals surface area contributed by atoms with Crippen LogP contribution in [0.25, 0.3) is 16.7 Å². The maximum atomic E-state index is 12.0. The minimum atomic E-state index is 0.216. The average Bonchev–Trinajstić information content (AvgIpc) is 3.17. The molecule has 0 spiro atoms. The number of piperazine rings is 1. The van der Waals surface area contributed by atoms with Gasteiger partial charge in [-0.25, -0.2) is 14.6 Å². The van der Waals surface area contributed by atoms with Crippen molar-refractivity contribution in [3.05, 3.63) is 42.4 Å². The molecular formula is C20H24N6O. The first-order valence-electron chi connectivity index (χ1n) is 9.54. The smallest absolute Gasteiger partial charge is 0.222 e. The highest BCUT2D eigenvalue weighted by molar-refractivity contribution is 5.88. The lowest BCUT2D eigenvalue weighted by molar-refractivity contribution is -0.131. The van der Waals surface area contributed by atoms with E-state index in [1.54, 1.807) is 0 Å². The van der Waals surface area contributed by atoms with Crippen molar-refractivity contribution in [1.82, 2.24) is 24.6 Å². The third kappa shape index (κ3) is 3.25. The zero-order valence-electron chi connectivity index (χ0n) is 15.8. The second-order valence-corrected chi connectivity index (χ2v) is 6.67. The van der Waals surface area contributed by atoms with Crippen molar-refractivity contribution in [2.75, 3.05) is 31.1 Å². The van der Waals surface area contributed by atoms with Crippen LogP contribution in [-0.4, -0.2) is 56.7 Å². The molecule has 0 saturated carbocycles. The second kappa shape index (κ2) is 7.34. The van der Waals surface area contributed by atoms with Gasteiger partial charge < -0.3 is 9.80 Å². The van der Waals surface area contributed by atoms with Gasteiger partial charge >= 0.3 is 0 Å². The van der Waals surface area contributed by atoms with Gasteiger partial charge in [0.25, 0.3) is 0 Å². The Morgan fingerprint density at radius 2 is 1.78 bits per heavy atom. The fourth-order valence-electron chi connectivity index (χ4n) is 3.49. The Morgan fingerprint density at radius 3 is 2.44 bits per heavy atom. The van der Waals surface area contributed by atoms with Crippen LogP contribution in [0.1, 0.15) is 26.1 Å². The van der Waals surface area contributed by atoms with Gasteiger partial charge in [0, 0.05) is 39.0 Å². The number of aryl methyl sites for hydroxylation is 1. The number of nitrogens with zero attached hydrogens (tertiary/aromatic N) is 6. The molecule has 3 heterocycles. The van der Waals surface area contributed by atoms with Crippen LogP contribution < -0.4 is 4.90 Å². The molecule has 0 N–H and O–H groups in total. The van der Waals surface area contributed by atoms with Crippen LogP contribution in [0.2, 0.25) is 0 Å². The summed E-state index contributed by atoms with van der Waals surface area (Å²) < 4.78 is 1.87. The lowest BCUT2D eigenvalue weighted by Gasteiger charge is -2.35. The number of carbonyl (C=O) groups excluding carboxylic acids is 1. The number of rotatable bonds is 4. The molecule has 1 aliphatic heterocycles. The number of hydrogen-bond donors (Lipinski definition) is 0. The first kappa shape index (κ1) is 17.5. The summed E-state index contributed by atoms with van der Waals surface area (Å²) in [5, 5.41) is 5.53. The molecule has 0 bridgehead atoms. The number of para-hydroxylation sites is 1. The lowest BCUT2D eigenvalue weighted by atomic mass is 10.2. The van der Waals surface area contributed by atoms with Gasteiger partial charge in [0.2, 0.25) is 5.91 Å². The largest absolute Gasteiger partial charge is 0.352 e. The molecule has 0 aliphatic carbocycles. The van der Waals surface area contributed by atoms with E-state index < -0.39 is 0 Å². The number of carbonyl (C=O) groups is 1. The highest BCUT2D eigenvalue weighted by Crippen LogP contribution is 2.26. The number of amides is 1. The van der Waals surface area contributed by atoms with E-state index in [9.17, 15) is 4.79 Å². The summed E-state index contributed by atoms with van der Waals surface area (Å²) in [7, 11) is 0. The van der Waals surface area contributed by atoms with Gasteiger partial charge in [0.15, 0.2) is 5.65 Å². The highest BCUT2D eigenvalue weighted by Gasteiger charge is 2.24. The van der Waals surface area contributed by atoms with Crippen molar-refractivity contribution in [3.63, 3.8) is 0 Å². The normalized spacial score (nSPS) is 14.7. The lowest BCUT2D eigenvalue weighted by Crippen LogP contribution is -2.49. The molecule has 1 saturated heterocycles. The molecule has 4 rings (SSSR count). The molecule has 0 unspecified atom stereocenters. The van der Waals surface area contributed by atoms with Crippen LogP contribution >= 0.6 is 0 Å². The Kier molecular flexibility index (Phi) is 4.75. The number of fused-ring (bicyclic) bond motifs is 1. The topological polar surface area (TPSA) is 67.2 Å². The summed E-state index contributed by atoms with van der Waals surface area (Å²) in [5.41, 5.74) is 1.81. The van der Waals surface area contributed by atoms with Crippen molar-refractivity contribution in [2.45, 2.75) is 26.7 Å². The Bertz CT molecular complexity index is 944. The van der Waals surface area contributed by atoms with Crippen molar-refractivity contribution >= 4 is 22.8 Å². The van der Waals surface area contributed by atoms with E-state index in [1.165, 1.54) is 0 Å². The zero-order chi connectivity index (χ0) is 18.8. The van der Waals surface area contributed by atoms with Gasteiger partial charge in [-0.15, -0.1) is 0 Å². The summed E-state index contributed by atoms with van der Waals surface area (Å²) in [6.45, 7) is 6.98. The minimum Gasteiger partial charge on any atom is -0.352 e. The van der Waals surface area contributed by atoms with Crippen molar-refractivity contribution in [1.29, 1.82) is 0 Å². The monoisotopic (exact) mass is 364 g/mol. The molecule has 7 heteroatoms. The summed E-state index contributed by atoms with van der Waals surface area (Å²) in [5.74, 6) is 1.94. The van der Waals surface area contributed by atoms with Crippen molar-refractivity contribution in [3.8, 4) is 5.69 Å². The molecule has 1 aliphatic rings. The maximum absolute atomic E-state index is 12.0. The third-order valence-corrected chi connectivity index (χ3v) is 5.01. The van der Waals surface area contributed by atoms with Crippen molar-refractivity contribution < 1.29 is 4.79 Å². The highest BCUT2D eigenvalue weighted by atomic mass is 16.2. The van der Waals surface area contributed by atoms with E-state index in [-0.39, 0.29) is 5.91 Å². The van der Waals surface area contributed by atoms with E-state index in [0.717, 1.165) is 61.0 Å². The first-order chi connectivity index (χ1) is 13.2. The molecule has 2 aromatic heterocycles. The summed E-state index contributed by atoms with van der Waals surface area (Å²) in [6.07, 6.45) is 3.17. The fraction of sp³-hybridized carbons (Fsp3) is 0.400. The standard InChI is InChI=1S/C20H24N6O/c1-3-17-22-19(25-12-10-24(11-13-25)18(27)4-2)16-14-21-26(20(16)23-17)15-8-6-5-7-9-15/h5-9,14H,3-4,10-13H2,1-2H3. The SMILES string of the molecule is CCC(=O)N1CCN(c2nc(CC)nc3c2cnn3-c2ccccc2)CC1. The average molecular weight is 364 g/mol. The van der Waals surface area contributed by atoms with E-state index >= 15 is 0 Å². The quantitative estimate of drug-likeness (QED) is 0.711.